The molecule has 1 aromatic rings. The molecule has 0 aromatic heterocycles. The van der Waals surface area contributed by atoms with Crippen LogP contribution in [-0.4, -0.2) is 36.9 Å². The normalized spacial score (nSPS) is 20.0. The van der Waals surface area contributed by atoms with E-state index in [9.17, 15) is 4.79 Å². The van der Waals surface area contributed by atoms with Crippen LogP contribution >= 0.6 is 0 Å². The molecule has 1 aromatic carbocycles. The topological polar surface area (TPSA) is 50.8 Å². The summed E-state index contributed by atoms with van der Waals surface area (Å²) in [6.45, 7) is 3.98. The van der Waals surface area contributed by atoms with E-state index in [0.29, 0.717) is 19.4 Å². The van der Waals surface area contributed by atoms with Gasteiger partial charge in [-0.2, -0.15) is 0 Å². The summed E-state index contributed by atoms with van der Waals surface area (Å²) >= 11 is 0. The summed E-state index contributed by atoms with van der Waals surface area (Å²) in [6, 6.07) is 6.42. The average Bonchev–Trinajstić information content (AvgIpc) is 3.02. The highest BCUT2D eigenvalue weighted by Gasteiger charge is 2.24. The van der Waals surface area contributed by atoms with Gasteiger partial charge in [0, 0.05) is 19.1 Å². The number of ether oxygens (including phenoxy) is 2. The van der Waals surface area contributed by atoms with Crippen LogP contribution in [0.1, 0.15) is 38.2 Å². The number of rotatable bonds is 4. The van der Waals surface area contributed by atoms with Crippen LogP contribution in [0.15, 0.2) is 18.2 Å². The second-order valence-corrected chi connectivity index (χ2v) is 5.92. The predicted molar refractivity (Wildman–Crippen MR) is 84.3 cm³/mol. The lowest BCUT2D eigenvalue weighted by atomic mass is 10.0. The molecule has 1 atom stereocenters. The van der Waals surface area contributed by atoms with Gasteiger partial charge in [0.05, 0.1) is 0 Å². The monoisotopic (exact) mass is 304 g/mol. The van der Waals surface area contributed by atoms with Crippen LogP contribution in [0.2, 0.25) is 0 Å². The molecule has 2 amide bonds. The van der Waals surface area contributed by atoms with Crippen LogP contribution in [0.3, 0.4) is 0 Å². The van der Waals surface area contributed by atoms with Gasteiger partial charge >= 0.3 is 6.03 Å². The summed E-state index contributed by atoms with van der Waals surface area (Å²) in [5.41, 5.74) is 1.15. The maximum absolute atomic E-state index is 12.3. The van der Waals surface area contributed by atoms with Crippen LogP contribution in [0, 0.1) is 0 Å². The fourth-order valence-corrected chi connectivity index (χ4v) is 3.20. The Morgan fingerprint density at radius 1 is 1.32 bits per heavy atom. The fraction of sp³-hybridized carbons (Fsp3) is 0.588. The van der Waals surface area contributed by atoms with Gasteiger partial charge in [-0.05, 0) is 49.8 Å². The summed E-state index contributed by atoms with van der Waals surface area (Å²) in [6.07, 6.45) is 5.32. The largest absolute Gasteiger partial charge is 0.454 e. The number of hydrogen-bond acceptors (Lipinski definition) is 3. The number of amides is 2. The third-order valence-corrected chi connectivity index (χ3v) is 4.49. The summed E-state index contributed by atoms with van der Waals surface area (Å²) in [5, 5.41) is 3.05. The number of likely N-dealkylation sites (tertiary alicyclic amines) is 1. The van der Waals surface area contributed by atoms with Crippen molar-refractivity contribution in [3.05, 3.63) is 23.8 Å². The molecule has 5 nitrogen and oxygen atoms in total. The van der Waals surface area contributed by atoms with Gasteiger partial charge in [0.15, 0.2) is 11.5 Å². The maximum Gasteiger partial charge on any atom is 0.317 e. The van der Waals surface area contributed by atoms with Crippen LogP contribution in [0.25, 0.3) is 0 Å². The molecule has 5 heteroatoms. The molecule has 0 aliphatic carbocycles. The predicted octanol–water partition coefficient (Wildman–Crippen LogP) is 2.93. The molecular formula is C17H24N2O3. The Balaban J connectivity index is 1.49. The van der Waals surface area contributed by atoms with E-state index in [0.717, 1.165) is 49.3 Å². The zero-order valence-corrected chi connectivity index (χ0v) is 13.1. The van der Waals surface area contributed by atoms with Gasteiger partial charge in [0.25, 0.3) is 0 Å². The lowest BCUT2D eigenvalue weighted by Crippen LogP contribution is -2.48. The Kier molecular flexibility index (Phi) is 4.71. The molecule has 1 fully saturated rings. The number of fused-ring (bicyclic) bond motifs is 1. The third kappa shape index (κ3) is 3.29. The van der Waals surface area contributed by atoms with Crippen LogP contribution in [-0.2, 0) is 6.42 Å². The van der Waals surface area contributed by atoms with Crippen molar-refractivity contribution < 1.29 is 14.3 Å². The number of carbonyl (C=O) groups excluding carboxylic acids is 1. The van der Waals surface area contributed by atoms with Crippen LogP contribution < -0.4 is 14.8 Å². The second-order valence-electron chi connectivity index (χ2n) is 5.92. The Labute approximate surface area is 131 Å². The van der Waals surface area contributed by atoms with E-state index in [1.54, 1.807) is 0 Å². The minimum Gasteiger partial charge on any atom is -0.454 e. The average molecular weight is 304 g/mol. The molecular weight excluding hydrogens is 280 g/mol. The summed E-state index contributed by atoms with van der Waals surface area (Å²) in [5.74, 6) is 1.60. The molecule has 22 heavy (non-hydrogen) atoms. The zero-order chi connectivity index (χ0) is 15.4. The molecule has 2 aliphatic rings. The SMILES string of the molecule is CCC1CCCCN1C(=O)NCCc1ccc2c(c1)OCO2. The molecule has 0 radical (unpaired) electrons. The number of nitrogens with zero attached hydrogens (tertiary/aromatic N) is 1. The first kappa shape index (κ1) is 15.0. The Hall–Kier alpha value is -1.91. The quantitative estimate of drug-likeness (QED) is 0.930. The number of benzene rings is 1. The summed E-state index contributed by atoms with van der Waals surface area (Å²) in [4.78, 5) is 14.3. The lowest BCUT2D eigenvalue weighted by Gasteiger charge is -2.35. The van der Waals surface area contributed by atoms with Crippen molar-refractivity contribution in [3.8, 4) is 11.5 Å². The van der Waals surface area contributed by atoms with Gasteiger partial charge in [0.1, 0.15) is 0 Å². The molecule has 1 saturated heterocycles. The van der Waals surface area contributed by atoms with Gasteiger partial charge in [-0.25, -0.2) is 4.79 Å². The van der Waals surface area contributed by atoms with E-state index in [2.05, 4.69) is 12.2 Å². The molecule has 0 spiro atoms. The number of urea groups is 1. The van der Waals surface area contributed by atoms with Crippen LogP contribution in [0.4, 0.5) is 4.79 Å². The van der Waals surface area contributed by atoms with E-state index in [1.807, 2.05) is 23.1 Å². The van der Waals surface area contributed by atoms with E-state index in [-0.39, 0.29) is 6.03 Å². The van der Waals surface area contributed by atoms with Gasteiger partial charge in [-0.15, -0.1) is 0 Å². The molecule has 1 N–H and O–H groups in total. The Morgan fingerprint density at radius 2 is 2.18 bits per heavy atom. The first-order chi connectivity index (χ1) is 10.8. The van der Waals surface area contributed by atoms with Gasteiger partial charge in [-0.3, -0.25) is 0 Å². The van der Waals surface area contributed by atoms with Crippen molar-refractivity contribution >= 4 is 6.03 Å². The molecule has 120 valence electrons. The first-order valence-corrected chi connectivity index (χ1v) is 8.21. The highest BCUT2D eigenvalue weighted by Crippen LogP contribution is 2.32. The van der Waals surface area contributed by atoms with Crippen molar-refractivity contribution in [2.45, 2.75) is 45.1 Å². The van der Waals surface area contributed by atoms with E-state index < -0.39 is 0 Å². The van der Waals surface area contributed by atoms with Crippen molar-refractivity contribution in [3.63, 3.8) is 0 Å². The number of hydrogen-bond donors (Lipinski definition) is 1. The molecule has 0 saturated carbocycles. The second kappa shape index (κ2) is 6.90. The van der Waals surface area contributed by atoms with Crippen molar-refractivity contribution in [2.75, 3.05) is 19.9 Å². The number of piperidine rings is 1. The van der Waals surface area contributed by atoms with Crippen molar-refractivity contribution in [1.82, 2.24) is 10.2 Å². The van der Waals surface area contributed by atoms with Crippen LogP contribution in [0.5, 0.6) is 11.5 Å². The third-order valence-electron chi connectivity index (χ3n) is 4.49. The maximum atomic E-state index is 12.3. The minimum atomic E-state index is 0.0762. The van der Waals surface area contributed by atoms with E-state index >= 15 is 0 Å². The van der Waals surface area contributed by atoms with E-state index in [1.165, 1.54) is 6.42 Å². The van der Waals surface area contributed by atoms with E-state index in [4.69, 9.17) is 9.47 Å². The molecule has 2 aliphatic heterocycles. The molecule has 0 bridgehead atoms. The zero-order valence-electron chi connectivity index (χ0n) is 13.1. The highest BCUT2D eigenvalue weighted by atomic mass is 16.7. The molecule has 1 unspecified atom stereocenters. The summed E-state index contributed by atoms with van der Waals surface area (Å²) in [7, 11) is 0. The first-order valence-electron chi connectivity index (χ1n) is 8.21. The smallest absolute Gasteiger partial charge is 0.317 e. The fourth-order valence-electron chi connectivity index (χ4n) is 3.20. The van der Waals surface area contributed by atoms with Crippen molar-refractivity contribution in [1.29, 1.82) is 0 Å². The molecule has 3 rings (SSSR count). The standard InChI is InChI=1S/C17H24N2O3/c1-2-14-5-3-4-10-19(14)17(20)18-9-8-13-6-7-15-16(11-13)22-12-21-15/h6-7,11,14H,2-5,8-10,12H2,1H3,(H,18,20). The lowest BCUT2D eigenvalue weighted by molar-refractivity contribution is 0.149. The Bertz CT molecular complexity index is 533. The Morgan fingerprint density at radius 3 is 3.05 bits per heavy atom. The summed E-state index contributed by atoms with van der Waals surface area (Å²) < 4.78 is 10.7. The van der Waals surface area contributed by atoms with Gasteiger partial charge < -0.3 is 19.7 Å². The highest BCUT2D eigenvalue weighted by molar-refractivity contribution is 5.74. The minimum absolute atomic E-state index is 0.0762. The van der Waals surface area contributed by atoms with Gasteiger partial charge in [-0.1, -0.05) is 13.0 Å². The van der Waals surface area contributed by atoms with Gasteiger partial charge in [0.2, 0.25) is 6.79 Å². The number of carbonyl (C=O) groups is 1. The number of nitrogens with one attached hydrogen (secondary N) is 1. The molecule has 2 heterocycles. The van der Waals surface area contributed by atoms with Crippen molar-refractivity contribution in [2.24, 2.45) is 0 Å².